The summed E-state index contributed by atoms with van der Waals surface area (Å²) in [5.41, 5.74) is 0. The molecule has 36 heavy (non-hydrogen) atoms. The first-order valence-corrected chi connectivity index (χ1v) is 14.6. The molecule has 2 aliphatic rings. The Morgan fingerprint density at radius 2 is 1.92 bits per heavy atom. The second-order valence-electron chi connectivity index (χ2n) is 9.71. The van der Waals surface area contributed by atoms with Gasteiger partial charge in [0.05, 0.1) is 31.1 Å². The molecule has 9 nitrogen and oxygen atoms in total. The van der Waals surface area contributed by atoms with Gasteiger partial charge in [0.15, 0.2) is 0 Å². The molecule has 2 saturated heterocycles. The van der Waals surface area contributed by atoms with Crippen LogP contribution in [-0.2, 0) is 19.5 Å². The molecule has 0 aliphatic carbocycles. The first-order valence-electron chi connectivity index (χ1n) is 12.7. The number of likely N-dealkylation sites (tertiary alicyclic amines) is 2. The number of piperidine rings is 2. The summed E-state index contributed by atoms with van der Waals surface area (Å²) in [6, 6.07) is 7.30. The molecular formula is C26H40N4O5S. The number of nitrogens with zero attached hydrogens (tertiary/aromatic N) is 3. The van der Waals surface area contributed by atoms with Crippen LogP contribution in [0.25, 0.3) is 11.9 Å². The monoisotopic (exact) mass is 520 g/mol. The third-order valence-electron chi connectivity index (χ3n) is 6.62. The van der Waals surface area contributed by atoms with Crippen LogP contribution in [0, 0.1) is 0 Å². The maximum atomic E-state index is 12.8. The van der Waals surface area contributed by atoms with Gasteiger partial charge in [-0.1, -0.05) is 30.3 Å². The molecule has 0 saturated carbocycles. The molecule has 0 radical (unpaired) electrons. The van der Waals surface area contributed by atoms with Gasteiger partial charge in [-0.25, -0.2) is 22.9 Å². The fourth-order valence-corrected chi connectivity index (χ4v) is 5.77. The van der Waals surface area contributed by atoms with Crippen LogP contribution >= 0.6 is 0 Å². The Hall–Kier alpha value is -2.43. The molecule has 2 atom stereocenters. The summed E-state index contributed by atoms with van der Waals surface area (Å²) in [5, 5.41) is 2.18. The van der Waals surface area contributed by atoms with Crippen LogP contribution in [0.5, 0.6) is 0 Å². The zero-order chi connectivity index (χ0) is 26.3. The number of nitrogens with one attached hydrogen (secondary N) is 1. The van der Waals surface area contributed by atoms with Crippen molar-refractivity contribution in [1.82, 2.24) is 14.5 Å². The van der Waals surface area contributed by atoms with Gasteiger partial charge in [0, 0.05) is 30.9 Å². The molecule has 1 amide bonds. The summed E-state index contributed by atoms with van der Waals surface area (Å²) in [6.07, 6.45) is 5.45. The van der Waals surface area contributed by atoms with Gasteiger partial charge in [0.1, 0.15) is 5.82 Å². The lowest BCUT2D eigenvalue weighted by Gasteiger charge is -2.41. The highest BCUT2D eigenvalue weighted by atomic mass is 32.2. The van der Waals surface area contributed by atoms with Crippen molar-refractivity contribution < 1.29 is 22.7 Å². The van der Waals surface area contributed by atoms with Crippen molar-refractivity contribution in [2.45, 2.75) is 70.7 Å². The van der Waals surface area contributed by atoms with E-state index in [1.165, 1.54) is 0 Å². The first kappa shape index (κ1) is 28.1. The molecule has 2 aliphatic heterocycles. The number of amides is 1. The van der Waals surface area contributed by atoms with Crippen molar-refractivity contribution >= 4 is 34.7 Å². The van der Waals surface area contributed by atoms with Crippen molar-refractivity contribution in [3.8, 4) is 0 Å². The standard InChI is InChI=1S/C26H40N4O5S/c1-6-20-10-7-8-11-22(20)25(27-4)29-16-13-21(14-17-29)34-18-24-23(28-36(5,32)33)12-9-15-30(24)26(31)35-19(2)3/h6-8,10-11,19,21,23-24,28H,4,9,12-18H2,1-3,5H3/b20-6-,25-22+/t23-,24-/m0/s1. The van der Waals surface area contributed by atoms with Gasteiger partial charge in [-0.3, -0.25) is 0 Å². The normalized spacial score (nSPS) is 23.1. The summed E-state index contributed by atoms with van der Waals surface area (Å²) in [6.45, 7) is 11.7. The Balaban J connectivity index is 1.69. The number of carbonyl (C=O) groups excluding carboxylic acids is 1. The molecule has 0 aromatic heterocycles. The second kappa shape index (κ2) is 12.7. The molecule has 10 heteroatoms. The van der Waals surface area contributed by atoms with Crippen molar-refractivity contribution in [1.29, 1.82) is 0 Å². The molecule has 1 N–H and O–H groups in total. The highest BCUT2D eigenvalue weighted by molar-refractivity contribution is 7.88. The lowest BCUT2D eigenvalue weighted by Crippen LogP contribution is -2.59. The Morgan fingerprint density at radius 3 is 2.53 bits per heavy atom. The van der Waals surface area contributed by atoms with Crippen LogP contribution in [0.4, 0.5) is 4.79 Å². The molecule has 1 aromatic rings. The Morgan fingerprint density at radius 1 is 1.22 bits per heavy atom. The molecular weight excluding hydrogens is 480 g/mol. The average Bonchev–Trinajstić information content (AvgIpc) is 2.83. The van der Waals surface area contributed by atoms with Crippen LogP contribution in [0.3, 0.4) is 0 Å². The number of carbonyl (C=O) groups is 1. The lowest BCUT2D eigenvalue weighted by atomic mass is 9.97. The van der Waals surface area contributed by atoms with Crippen LogP contribution in [0.1, 0.15) is 46.5 Å². The minimum atomic E-state index is -3.44. The minimum Gasteiger partial charge on any atom is -0.447 e. The first-order chi connectivity index (χ1) is 17.1. The SMILES string of the molecule is C=N/C(=c1/cccc/c1=C/C)N1CCC(OC[C@H]2[C@@H](NS(C)(=O)=O)CCCN2C(=O)OC(C)C)CC1. The number of ether oxygens (including phenoxy) is 2. The number of sulfonamides is 1. The summed E-state index contributed by atoms with van der Waals surface area (Å²) in [5.74, 6) is 0.870. The largest absolute Gasteiger partial charge is 0.447 e. The van der Waals surface area contributed by atoms with Gasteiger partial charge >= 0.3 is 6.09 Å². The van der Waals surface area contributed by atoms with Gasteiger partial charge in [0.2, 0.25) is 10.0 Å². The highest BCUT2D eigenvalue weighted by Crippen LogP contribution is 2.23. The van der Waals surface area contributed by atoms with E-state index in [0.29, 0.717) is 19.4 Å². The molecule has 2 heterocycles. The third-order valence-corrected chi connectivity index (χ3v) is 7.35. The molecule has 3 rings (SSSR count). The minimum absolute atomic E-state index is 0.00377. The van der Waals surface area contributed by atoms with E-state index in [0.717, 1.165) is 48.4 Å². The highest BCUT2D eigenvalue weighted by Gasteiger charge is 2.38. The predicted octanol–water partition coefficient (Wildman–Crippen LogP) is 1.66. The van der Waals surface area contributed by atoms with E-state index < -0.39 is 28.2 Å². The smallest absolute Gasteiger partial charge is 0.410 e. The van der Waals surface area contributed by atoms with Gasteiger partial charge in [-0.2, -0.15) is 0 Å². The van der Waals surface area contributed by atoms with Crippen molar-refractivity contribution in [2.24, 2.45) is 4.99 Å². The van der Waals surface area contributed by atoms with Gasteiger partial charge in [-0.15, -0.1) is 0 Å². The van der Waals surface area contributed by atoms with Crippen molar-refractivity contribution in [2.75, 3.05) is 32.5 Å². The molecule has 0 unspecified atom stereocenters. The molecule has 2 fully saturated rings. The fraction of sp³-hybridized carbons (Fsp3) is 0.615. The molecule has 0 bridgehead atoms. The van der Waals surface area contributed by atoms with Crippen molar-refractivity contribution in [3.05, 3.63) is 34.7 Å². The van der Waals surface area contributed by atoms with Gasteiger partial charge < -0.3 is 19.3 Å². The Labute approximate surface area is 214 Å². The summed E-state index contributed by atoms with van der Waals surface area (Å²) in [7, 11) is -3.44. The second-order valence-corrected chi connectivity index (χ2v) is 11.5. The van der Waals surface area contributed by atoms with Crippen molar-refractivity contribution in [3.63, 3.8) is 0 Å². The maximum absolute atomic E-state index is 12.8. The summed E-state index contributed by atoms with van der Waals surface area (Å²) < 4.78 is 38.4. The average molecular weight is 521 g/mol. The topological polar surface area (TPSA) is 101 Å². The van der Waals surface area contributed by atoms with Crippen LogP contribution in [0.15, 0.2) is 29.3 Å². The Kier molecular flexibility index (Phi) is 9.92. The molecule has 200 valence electrons. The summed E-state index contributed by atoms with van der Waals surface area (Å²) in [4.78, 5) is 21.0. The van der Waals surface area contributed by atoms with E-state index in [-0.39, 0.29) is 18.8 Å². The number of rotatable bonds is 8. The van der Waals surface area contributed by atoms with Crippen LogP contribution in [-0.4, -0.2) is 87.8 Å². The summed E-state index contributed by atoms with van der Waals surface area (Å²) >= 11 is 0. The zero-order valence-corrected chi connectivity index (χ0v) is 22.7. The van der Waals surface area contributed by atoms with E-state index in [4.69, 9.17) is 9.47 Å². The van der Waals surface area contributed by atoms with Gasteiger partial charge in [0.25, 0.3) is 0 Å². The van der Waals surface area contributed by atoms with E-state index in [2.05, 4.69) is 39.5 Å². The van der Waals surface area contributed by atoms with Crippen LogP contribution in [0.2, 0.25) is 0 Å². The molecule has 0 spiro atoms. The fourth-order valence-electron chi connectivity index (χ4n) is 4.95. The number of benzene rings is 1. The van der Waals surface area contributed by atoms with E-state index in [1.807, 2.05) is 19.1 Å². The molecule has 1 aromatic carbocycles. The van der Waals surface area contributed by atoms with E-state index in [1.54, 1.807) is 18.7 Å². The number of aliphatic imine (C=N–C) groups is 1. The zero-order valence-electron chi connectivity index (χ0n) is 21.9. The lowest BCUT2D eigenvalue weighted by molar-refractivity contribution is -0.0325. The maximum Gasteiger partial charge on any atom is 0.410 e. The number of hydrogen-bond acceptors (Lipinski definition) is 7. The third kappa shape index (κ3) is 7.54. The predicted molar refractivity (Wildman–Crippen MR) is 142 cm³/mol. The Bertz CT molecular complexity index is 1130. The van der Waals surface area contributed by atoms with Crippen LogP contribution < -0.4 is 15.2 Å². The number of hydrogen-bond donors (Lipinski definition) is 1. The van der Waals surface area contributed by atoms with Gasteiger partial charge in [-0.05, 0) is 58.4 Å². The van der Waals surface area contributed by atoms with E-state index >= 15 is 0 Å². The quantitative estimate of drug-likeness (QED) is 0.524. The van der Waals surface area contributed by atoms with E-state index in [9.17, 15) is 13.2 Å².